The van der Waals surface area contributed by atoms with Gasteiger partial charge in [-0.2, -0.15) is 0 Å². The Kier molecular flexibility index (Phi) is 3.41. The summed E-state index contributed by atoms with van der Waals surface area (Å²) in [6.07, 6.45) is 0.987. The van der Waals surface area contributed by atoms with Gasteiger partial charge in [-0.3, -0.25) is 4.79 Å². The van der Waals surface area contributed by atoms with Crippen molar-refractivity contribution in [2.75, 3.05) is 13.1 Å². The second kappa shape index (κ2) is 4.70. The van der Waals surface area contributed by atoms with Crippen LogP contribution < -0.4 is 5.14 Å². The van der Waals surface area contributed by atoms with Crippen LogP contribution in [0.3, 0.4) is 0 Å². The molecule has 2 N–H and O–H groups in total. The highest BCUT2D eigenvalue weighted by Gasteiger charge is 2.24. The zero-order valence-corrected chi connectivity index (χ0v) is 11.0. The van der Waals surface area contributed by atoms with Crippen molar-refractivity contribution in [3.8, 4) is 0 Å². The number of primary sulfonamides is 1. The minimum atomic E-state index is -3.76. The number of carbonyl (C=O) groups is 1. The summed E-state index contributed by atoms with van der Waals surface area (Å²) < 4.78 is 22.5. The Morgan fingerprint density at radius 1 is 1.44 bits per heavy atom. The molecule has 1 amide bonds. The molecule has 1 fully saturated rings. The maximum atomic E-state index is 12.2. The number of hydrogen-bond acceptors (Lipinski definition) is 3. The molecular weight excluding hydrogens is 252 g/mol. The number of sulfonamides is 1. The highest BCUT2D eigenvalue weighted by molar-refractivity contribution is 7.89. The third kappa shape index (κ3) is 2.70. The fourth-order valence-electron chi connectivity index (χ4n) is 2.11. The lowest BCUT2D eigenvalue weighted by atomic mass is 10.2. The van der Waals surface area contributed by atoms with Gasteiger partial charge in [0.2, 0.25) is 10.0 Å². The van der Waals surface area contributed by atoms with Crippen LogP contribution in [0.25, 0.3) is 0 Å². The molecule has 0 bridgehead atoms. The van der Waals surface area contributed by atoms with E-state index < -0.39 is 10.0 Å². The van der Waals surface area contributed by atoms with Crippen LogP contribution in [0.4, 0.5) is 0 Å². The molecule has 0 aromatic heterocycles. The van der Waals surface area contributed by atoms with Crippen molar-refractivity contribution < 1.29 is 13.2 Å². The second-order valence-corrected chi connectivity index (χ2v) is 6.28. The van der Waals surface area contributed by atoms with E-state index >= 15 is 0 Å². The van der Waals surface area contributed by atoms with Crippen LogP contribution >= 0.6 is 0 Å². The molecule has 1 aromatic carbocycles. The van der Waals surface area contributed by atoms with Gasteiger partial charge >= 0.3 is 0 Å². The average molecular weight is 268 g/mol. The molecule has 1 saturated heterocycles. The van der Waals surface area contributed by atoms with Gasteiger partial charge in [0.25, 0.3) is 5.91 Å². The summed E-state index contributed by atoms with van der Waals surface area (Å²) in [4.78, 5) is 13.9. The number of nitrogens with two attached hydrogens (primary N) is 1. The molecule has 0 aliphatic carbocycles. The second-order valence-electron chi connectivity index (χ2n) is 4.72. The Balaban J connectivity index is 2.26. The monoisotopic (exact) mass is 268 g/mol. The summed E-state index contributed by atoms with van der Waals surface area (Å²) in [6.45, 7) is 3.53. The SMILES string of the molecule is CC1CCN(C(=O)c2cccc(S(N)(=O)=O)c2)C1. The summed E-state index contributed by atoms with van der Waals surface area (Å²) >= 11 is 0. The van der Waals surface area contributed by atoms with Crippen LogP contribution in [0, 0.1) is 5.92 Å². The first kappa shape index (κ1) is 13.0. The first-order valence-electron chi connectivity index (χ1n) is 5.80. The van der Waals surface area contributed by atoms with Crippen LogP contribution in [0.5, 0.6) is 0 Å². The molecule has 1 aliphatic rings. The lowest BCUT2D eigenvalue weighted by molar-refractivity contribution is 0.0788. The van der Waals surface area contributed by atoms with E-state index in [0.717, 1.165) is 19.5 Å². The first-order chi connectivity index (χ1) is 8.38. The molecule has 18 heavy (non-hydrogen) atoms. The standard InChI is InChI=1S/C12H16N2O3S/c1-9-5-6-14(8-9)12(15)10-3-2-4-11(7-10)18(13,16)17/h2-4,7,9H,5-6,8H2,1H3,(H2,13,16,17). The zero-order valence-electron chi connectivity index (χ0n) is 10.2. The van der Waals surface area contributed by atoms with E-state index in [0.29, 0.717) is 11.5 Å². The van der Waals surface area contributed by atoms with Crippen molar-refractivity contribution in [2.45, 2.75) is 18.2 Å². The largest absolute Gasteiger partial charge is 0.338 e. The summed E-state index contributed by atoms with van der Waals surface area (Å²) in [7, 11) is -3.76. The number of carbonyl (C=O) groups excluding carboxylic acids is 1. The lowest BCUT2D eigenvalue weighted by Gasteiger charge is -2.16. The van der Waals surface area contributed by atoms with Crippen molar-refractivity contribution in [1.82, 2.24) is 4.90 Å². The van der Waals surface area contributed by atoms with E-state index in [1.54, 1.807) is 11.0 Å². The Bertz CT molecular complexity index is 568. The maximum Gasteiger partial charge on any atom is 0.253 e. The highest BCUT2D eigenvalue weighted by Crippen LogP contribution is 2.19. The molecule has 1 heterocycles. The summed E-state index contributed by atoms with van der Waals surface area (Å²) in [6, 6.07) is 5.87. The predicted molar refractivity (Wildman–Crippen MR) is 67.5 cm³/mol. The topological polar surface area (TPSA) is 80.5 Å². The minimum Gasteiger partial charge on any atom is -0.338 e. The van der Waals surface area contributed by atoms with E-state index in [9.17, 15) is 13.2 Å². The van der Waals surface area contributed by atoms with Gasteiger partial charge in [0, 0.05) is 18.7 Å². The number of amides is 1. The molecular formula is C12H16N2O3S. The number of benzene rings is 1. The van der Waals surface area contributed by atoms with E-state index in [1.165, 1.54) is 18.2 Å². The van der Waals surface area contributed by atoms with E-state index in [4.69, 9.17) is 5.14 Å². The summed E-state index contributed by atoms with van der Waals surface area (Å²) in [5.74, 6) is 0.361. The predicted octanol–water partition coefficient (Wildman–Crippen LogP) is 0.816. The summed E-state index contributed by atoms with van der Waals surface area (Å²) in [5.41, 5.74) is 0.371. The smallest absolute Gasteiger partial charge is 0.253 e. The molecule has 1 unspecified atom stereocenters. The molecule has 0 saturated carbocycles. The molecule has 0 spiro atoms. The van der Waals surface area contributed by atoms with E-state index in [1.807, 2.05) is 0 Å². The van der Waals surface area contributed by atoms with Gasteiger partial charge in [-0.05, 0) is 30.5 Å². The Hall–Kier alpha value is -1.40. The Morgan fingerprint density at radius 2 is 2.17 bits per heavy atom. The van der Waals surface area contributed by atoms with Gasteiger partial charge in [0.1, 0.15) is 0 Å². The molecule has 1 aromatic rings. The van der Waals surface area contributed by atoms with Gasteiger partial charge in [0.15, 0.2) is 0 Å². The van der Waals surface area contributed by atoms with Crippen molar-refractivity contribution >= 4 is 15.9 Å². The van der Waals surface area contributed by atoms with Crippen LogP contribution in [0.2, 0.25) is 0 Å². The number of hydrogen-bond donors (Lipinski definition) is 1. The number of nitrogens with zero attached hydrogens (tertiary/aromatic N) is 1. The third-order valence-corrected chi connectivity index (χ3v) is 4.03. The van der Waals surface area contributed by atoms with E-state index in [2.05, 4.69) is 6.92 Å². The van der Waals surface area contributed by atoms with Crippen molar-refractivity contribution in [1.29, 1.82) is 0 Å². The van der Waals surface area contributed by atoms with Gasteiger partial charge < -0.3 is 4.90 Å². The molecule has 2 rings (SSSR count). The minimum absolute atomic E-state index is 0.0272. The van der Waals surface area contributed by atoms with Crippen molar-refractivity contribution in [2.24, 2.45) is 11.1 Å². The quantitative estimate of drug-likeness (QED) is 0.862. The highest BCUT2D eigenvalue weighted by atomic mass is 32.2. The molecule has 1 aliphatic heterocycles. The number of likely N-dealkylation sites (tertiary alicyclic amines) is 1. The fourth-order valence-corrected chi connectivity index (χ4v) is 2.67. The van der Waals surface area contributed by atoms with Crippen LogP contribution in [0.15, 0.2) is 29.2 Å². The normalized spacial score (nSPS) is 20.1. The zero-order chi connectivity index (χ0) is 13.3. The molecule has 5 nitrogen and oxygen atoms in total. The molecule has 98 valence electrons. The van der Waals surface area contributed by atoms with Crippen LogP contribution in [0.1, 0.15) is 23.7 Å². The lowest BCUT2D eigenvalue weighted by Crippen LogP contribution is -2.28. The van der Waals surface area contributed by atoms with Crippen LogP contribution in [-0.4, -0.2) is 32.3 Å². The Morgan fingerprint density at radius 3 is 2.72 bits per heavy atom. The van der Waals surface area contributed by atoms with Gasteiger partial charge in [-0.25, -0.2) is 13.6 Å². The van der Waals surface area contributed by atoms with Crippen LogP contribution in [-0.2, 0) is 10.0 Å². The fraction of sp³-hybridized carbons (Fsp3) is 0.417. The van der Waals surface area contributed by atoms with Crippen molar-refractivity contribution in [3.05, 3.63) is 29.8 Å². The molecule has 0 radical (unpaired) electrons. The van der Waals surface area contributed by atoms with Gasteiger partial charge in [0.05, 0.1) is 4.90 Å². The Labute approximate surface area is 107 Å². The average Bonchev–Trinajstić information content (AvgIpc) is 2.74. The third-order valence-electron chi connectivity index (χ3n) is 3.12. The first-order valence-corrected chi connectivity index (χ1v) is 7.34. The number of rotatable bonds is 2. The van der Waals surface area contributed by atoms with Gasteiger partial charge in [-0.1, -0.05) is 13.0 Å². The maximum absolute atomic E-state index is 12.2. The molecule has 6 heteroatoms. The van der Waals surface area contributed by atoms with Gasteiger partial charge in [-0.15, -0.1) is 0 Å². The summed E-state index contributed by atoms with van der Waals surface area (Å²) in [5, 5.41) is 5.05. The van der Waals surface area contributed by atoms with E-state index in [-0.39, 0.29) is 10.8 Å². The molecule has 1 atom stereocenters. The van der Waals surface area contributed by atoms with Crippen molar-refractivity contribution in [3.63, 3.8) is 0 Å².